The zero-order valence-electron chi connectivity index (χ0n) is 21.2. The molecule has 0 aliphatic heterocycles. The minimum absolute atomic E-state index is 0.0631. The average molecular weight is 527 g/mol. The van der Waals surface area contributed by atoms with E-state index >= 15 is 0 Å². The van der Waals surface area contributed by atoms with Gasteiger partial charge in [-0.15, -0.1) is 11.3 Å². The summed E-state index contributed by atoms with van der Waals surface area (Å²) in [4.78, 5) is 31.8. The highest BCUT2D eigenvalue weighted by molar-refractivity contribution is 7.09. The fourth-order valence-corrected chi connectivity index (χ4v) is 4.08. The van der Waals surface area contributed by atoms with Gasteiger partial charge in [-0.2, -0.15) is 0 Å². The van der Waals surface area contributed by atoms with E-state index in [4.69, 9.17) is 15.2 Å². The minimum Gasteiger partial charge on any atom is -0.444 e. The van der Waals surface area contributed by atoms with Crippen molar-refractivity contribution in [1.29, 1.82) is 0 Å². The average Bonchev–Trinajstić information content (AvgIpc) is 3.39. The van der Waals surface area contributed by atoms with Gasteiger partial charge in [0.1, 0.15) is 18.4 Å². The molecule has 0 saturated heterocycles. The van der Waals surface area contributed by atoms with Crippen LogP contribution in [0.4, 0.5) is 9.59 Å². The van der Waals surface area contributed by atoms with Crippen LogP contribution >= 0.6 is 11.3 Å². The number of rotatable bonds is 10. The molecule has 0 radical (unpaired) electrons. The molecule has 198 valence electrons. The Morgan fingerprint density at radius 3 is 2.35 bits per heavy atom. The van der Waals surface area contributed by atoms with Crippen molar-refractivity contribution in [2.75, 3.05) is 6.54 Å². The molecule has 0 spiro atoms. The Morgan fingerprint density at radius 2 is 1.76 bits per heavy atom. The van der Waals surface area contributed by atoms with Crippen molar-refractivity contribution >= 4 is 23.5 Å². The van der Waals surface area contributed by atoms with Crippen molar-refractivity contribution < 1.29 is 24.2 Å². The highest BCUT2D eigenvalue weighted by Crippen LogP contribution is 2.21. The van der Waals surface area contributed by atoms with E-state index in [9.17, 15) is 14.7 Å². The van der Waals surface area contributed by atoms with E-state index in [1.165, 1.54) is 16.2 Å². The van der Waals surface area contributed by atoms with Gasteiger partial charge < -0.3 is 25.6 Å². The van der Waals surface area contributed by atoms with E-state index < -0.39 is 36.1 Å². The third-order valence-electron chi connectivity index (χ3n) is 5.38. The van der Waals surface area contributed by atoms with Gasteiger partial charge in [-0.05, 0) is 38.3 Å². The maximum Gasteiger partial charge on any atom is 0.411 e. The fraction of sp³-hybridized carbons (Fsp3) is 0.370. The Bertz CT molecular complexity index is 1110. The number of nitrogens with one attached hydrogen (secondary N) is 1. The van der Waals surface area contributed by atoms with Crippen LogP contribution in [0, 0.1) is 0 Å². The molecule has 3 aromatic rings. The van der Waals surface area contributed by atoms with Crippen molar-refractivity contribution in [2.45, 2.75) is 57.7 Å². The molecular formula is C27H34N4O5S. The quantitative estimate of drug-likeness (QED) is 0.337. The number of ether oxygens (including phenoxy) is 2. The molecule has 1 unspecified atom stereocenters. The lowest BCUT2D eigenvalue weighted by Crippen LogP contribution is -2.53. The van der Waals surface area contributed by atoms with Crippen molar-refractivity contribution in [3.63, 3.8) is 0 Å². The molecule has 3 rings (SSSR count). The van der Waals surface area contributed by atoms with Gasteiger partial charge >= 0.3 is 12.2 Å². The Hall–Kier alpha value is -3.47. The van der Waals surface area contributed by atoms with Crippen LogP contribution in [-0.4, -0.2) is 51.5 Å². The highest BCUT2D eigenvalue weighted by Gasteiger charge is 2.32. The van der Waals surface area contributed by atoms with Gasteiger partial charge in [-0.3, -0.25) is 9.88 Å². The number of benzene rings is 2. The number of aliphatic hydroxyl groups is 1. The summed E-state index contributed by atoms with van der Waals surface area (Å²) in [5.74, 6) is 0. The monoisotopic (exact) mass is 526 g/mol. The molecule has 2 amide bonds. The number of aromatic nitrogens is 1. The topological polar surface area (TPSA) is 127 Å². The largest absolute Gasteiger partial charge is 0.444 e. The number of aliphatic hydroxyl groups excluding tert-OH is 1. The standard InChI is InChI=1S/C27H34N4O5S/c1-27(2,3)36-26(34)31(24(28)20-12-8-5-9-13-20)16-23(32)22(14-19-10-6-4-7-11-19)30-25(33)35-17-21-15-29-18-37-21/h4-13,15,18,22-24,32H,14,16-17,28H2,1-3H3,(H,30,33)/t22-,23+,24?/m0/s1. The highest BCUT2D eigenvalue weighted by atomic mass is 32.1. The molecule has 10 heteroatoms. The number of carbonyl (C=O) groups is 2. The molecule has 4 N–H and O–H groups in total. The summed E-state index contributed by atoms with van der Waals surface area (Å²) < 4.78 is 10.9. The molecule has 37 heavy (non-hydrogen) atoms. The lowest BCUT2D eigenvalue weighted by atomic mass is 10.0. The summed E-state index contributed by atoms with van der Waals surface area (Å²) in [7, 11) is 0. The maximum absolute atomic E-state index is 13.1. The van der Waals surface area contributed by atoms with Crippen molar-refractivity contribution in [1.82, 2.24) is 15.2 Å². The first-order chi connectivity index (χ1) is 17.6. The third kappa shape index (κ3) is 9.16. The van der Waals surface area contributed by atoms with Crippen molar-refractivity contribution in [3.05, 3.63) is 88.4 Å². The van der Waals surface area contributed by atoms with Crippen LogP contribution in [0.15, 0.2) is 72.4 Å². The predicted molar refractivity (Wildman–Crippen MR) is 142 cm³/mol. The Morgan fingerprint density at radius 1 is 1.11 bits per heavy atom. The van der Waals surface area contributed by atoms with E-state index in [-0.39, 0.29) is 13.2 Å². The number of thiazole rings is 1. The van der Waals surface area contributed by atoms with Crippen LogP contribution < -0.4 is 11.1 Å². The summed E-state index contributed by atoms with van der Waals surface area (Å²) in [6.45, 7) is 5.15. The lowest BCUT2D eigenvalue weighted by Gasteiger charge is -2.35. The summed E-state index contributed by atoms with van der Waals surface area (Å²) >= 11 is 1.37. The van der Waals surface area contributed by atoms with Gasteiger partial charge in [0.05, 0.1) is 29.1 Å². The second-order valence-corrected chi connectivity index (χ2v) is 10.5. The Labute approximate surface area is 221 Å². The van der Waals surface area contributed by atoms with Crippen LogP contribution in [0.1, 0.15) is 42.9 Å². The Balaban J connectivity index is 1.79. The number of alkyl carbamates (subject to hydrolysis) is 1. The van der Waals surface area contributed by atoms with E-state index in [1.807, 2.05) is 48.5 Å². The first-order valence-electron chi connectivity index (χ1n) is 11.9. The second-order valence-electron chi connectivity index (χ2n) is 9.54. The molecule has 0 aliphatic carbocycles. The molecule has 0 fully saturated rings. The van der Waals surface area contributed by atoms with Gasteiger partial charge in [-0.1, -0.05) is 60.7 Å². The van der Waals surface area contributed by atoms with E-state index in [0.717, 1.165) is 10.4 Å². The normalized spacial score (nSPS) is 13.8. The van der Waals surface area contributed by atoms with Crippen molar-refractivity contribution in [2.24, 2.45) is 5.73 Å². The molecular weight excluding hydrogens is 492 g/mol. The van der Waals surface area contributed by atoms with Gasteiger partial charge in [0.2, 0.25) is 0 Å². The summed E-state index contributed by atoms with van der Waals surface area (Å²) in [5.41, 5.74) is 8.92. The molecule has 2 aromatic carbocycles. The maximum atomic E-state index is 13.1. The number of nitrogens with two attached hydrogens (primary N) is 1. The van der Waals surface area contributed by atoms with Gasteiger partial charge in [-0.25, -0.2) is 9.59 Å². The minimum atomic E-state index is -1.18. The van der Waals surface area contributed by atoms with Gasteiger partial charge in [0.25, 0.3) is 0 Å². The molecule has 1 heterocycles. The SMILES string of the molecule is CC(C)(C)OC(=O)N(C[C@@H](O)[C@H](Cc1ccccc1)NC(=O)OCc1cncs1)C(N)c1ccccc1. The first-order valence-corrected chi connectivity index (χ1v) is 12.8. The molecule has 0 aliphatic rings. The van der Waals surface area contributed by atoms with E-state index in [0.29, 0.717) is 12.0 Å². The van der Waals surface area contributed by atoms with Gasteiger partial charge in [0, 0.05) is 6.20 Å². The summed E-state index contributed by atoms with van der Waals surface area (Å²) in [6.07, 6.45) is -1.49. The fourth-order valence-electron chi connectivity index (χ4n) is 3.58. The van der Waals surface area contributed by atoms with Crippen LogP contribution in [0.3, 0.4) is 0 Å². The first kappa shape index (κ1) is 28.1. The van der Waals surface area contributed by atoms with Crippen molar-refractivity contribution in [3.8, 4) is 0 Å². The zero-order valence-corrected chi connectivity index (χ0v) is 22.1. The third-order valence-corrected chi connectivity index (χ3v) is 6.14. The molecule has 1 aromatic heterocycles. The second kappa shape index (κ2) is 13.2. The summed E-state index contributed by atoms with van der Waals surface area (Å²) in [6, 6.07) is 17.7. The smallest absolute Gasteiger partial charge is 0.411 e. The number of nitrogens with zero attached hydrogens (tertiary/aromatic N) is 2. The molecule has 9 nitrogen and oxygen atoms in total. The Kier molecular flexibility index (Phi) is 10.0. The number of amides is 2. The van der Waals surface area contributed by atoms with Gasteiger partial charge in [0.15, 0.2) is 0 Å². The lowest BCUT2D eigenvalue weighted by molar-refractivity contribution is -0.000656. The molecule has 0 saturated carbocycles. The van der Waals surface area contributed by atoms with E-state index in [1.54, 1.807) is 44.6 Å². The van der Waals surface area contributed by atoms with Crippen LogP contribution in [0.25, 0.3) is 0 Å². The van der Waals surface area contributed by atoms with E-state index in [2.05, 4.69) is 10.3 Å². The zero-order chi connectivity index (χ0) is 26.8. The number of hydrogen-bond donors (Lipinski definition) is 3. The van der Waals surface area contributed by atoms with Crippen LogP contribution in [-0.2, 0) is 22.5 Å². The number of carbonyl (C=O) groups excluding carboxylic acids is 2. The number of hydrogen-bond acceptors (Lipinski definition) is 8. The van der Waals surface area contributed by atoms with Crippen LogP contribution in [0.2, 0.25) is 0 Å². The molecule has 0 bridgehead atoms. The molecule has 3 atom stereocenters. The van der Waals surface area contributed by atoms with Crippen LogP contribution in [0.5, 0.6) is 0 Å². The predicted octanol–water partition coefficient (Wildman–Crippen LogP) is 4.24. The summed E-state index contributed by atoms with van der Waals surface area (Å²) in [5, 5.41) is 14.1.